The van der Waals surface area contributed by atoms with Crippen LogP contribution in [0.5, 0.6) is 0 Å². The van der Waals surface area contributed by atoms with E-state index in [1.54, 1.807) is 7.05 Å². The monoisotopic (exact) mass is 190 g/mol. The number of nitrogens with zero attached hydrogens (tertiary/aromatic N) is 2. The first kappa shape index (κ1) is 10.3. The van der Waals surface area contributed by atoms with Crippen molar-refractivity contribution < 1.29 is 5.21 Å². The highest BCUT2D eigenvalue weighted by molar-refractivity contribution is 7.81. The average Bonchev–Trinajstić information content (AvgIpc) is 2.35. The maximum Gasteiger partial charge on any atom is 0.0446 e. The minimum Gasteiger partial charge on any atom is -0.314 e. The third kappa shape index (κ3) is 2.94. The van der Waals surface area contributed by atoms with Crippen LogP contribution in [0, 0.1) is 0 Å². The second-order valence-corrected chi connectivity index (χ2v) is 4.36. The number of hydrogen-bond donors (Lipinski definition) is 2. The lowest BCUT2D eigenvalue weighted by Crippen LogP contribution is -2.37. The van der Waals surface area contributed by atoms with E-state index in [-0.39, 0.29) is 6.04 Å². The first-order valence-electron chi connectivity index (χ1n) is 4.41. The SMILES string of the molecule is C[C@@H](CN1CC[C@H](S)C1)N(C)O. The maximum atomic E-state index is 9.13. The molecular weight excluding hydrogens is 172 g/mol. The van der Waals surface area contributed by atoms with Gasteiger partial charge in [-0.2, -0.15) is 17.7 Å². The molecule has 3 nitrogen and oxygen atoms in total. The fourth-order valence-corrected chi connectivity index (χ4v) is 1.82. The highest BCUT2D eigenvalue weighted by Gasteiger charge is 2.21. The minimum absolute atomic E-state index is 0.212. The van der Waals surface area contributed by atoms with Gasteiger partial charge in [0.05, 0.1) is 0 Å². The van der Waals surface area contributed by atoms with Gasteiger partial charge in [-0.3, -0.25) is 0 Å². The number of likely N-dealkylation sites (N-methyl/N-ethyl adjacent to an activating group) is 1. The van der Waals surface area contributed by atoms with Gasteiger partial charge in [0.2, 0.25) is 0 Å². The third-order valence-electron chi connectivity index (χ3n) is 2.41. The molecule has 0 spiro atoms. The molecule has 4 heteroatoms. The molecule has 0 saturated carbocycles. The zero-order valence-electron chi connectivity index (χ0n) is 7.77. The van der Waals surface area contributed by atoms with Crippen LogP contribution in [0.1, 0.15) is 13.3 Å². The standard InChI is InChI=1S/C8H18N2OS/c1-7(9(2)11)5-10-4-3-8(12)6-10/h7-8,11-12H,3-6H2,1-2H3/t7-,8-/m0/s1. The molecule has 2 atom stereocenters. The molecule has 1 rings (SSSR count). The van der Waals surface area contributed by atoms with Crippen molar-refractivity contribution >= 4 is 12.6 Å². The molecule has 0 radical (unpaired) electrons. The molecule has 1 saturated heterocycles. The maximum absolute atomic E-state index is 9.13. The second kappa shape index (κ2) is 4.46. The fourth-order valence-electron chi connectivity index (χ4n) is 1.47. The van der Waals surface area contributed by atoms with Gasteiger partial charge in [0.25, 0.3) is 0 Å². The third-order valence-corrected chi connectivity index (χ3v) is 2.83. The molecular formula is C8H18N2OS. The van der Waals surface area contributed by atoms with Gasteiger partial charge in [0, 0.05) is 31.4 Å². The van der Waals surface area contributed by atoms with Crippen LogP contribution in [0.3, 0.4) is 0 Å². The van der Waals surface area contributed by atoms with Crippen LogP contribution in [-0.2, 0) is 0 Å². The summed E-state index contributed by atoms with van der Waals surface area (Å²) in [6.45, 7) is 5.13. The summed E-state index contributed by atoms with van der Waals surface area (Å²) >= 11 is 4.41. The molecule has 0 aromatic rings. The Morgan fingerprint density at radius 2 is 2.42 bits per heavy atom. The summed E-state index contributed by atoms with van der Waals surface area (Å²) in [7, 11) is 1.69. The summed E-state index contributed by atoms with van der Waals surface area (Å²) in [6, 6.07) is 0.212. The topological polar surface area (TPSA) is 26.7 Å². The number of likely N-dealkylation sites (tertiary alicyclic amines) is 1. The Morgan fingerprint density at radius 3 is 2.83 bits per heavy atom. The van der Waals surface area contributed by atoms with Crippen LogP contribution in [0.25, 0.3) is 0 Å². The molecule has 0 aliphatic carbocycles. The van der Waals surface area contributed by atoms with Crippen molar-refractivity contribution in [3.8, 4) is 0 Å². The van der Waals surface area contributed by atoms with Crippen LogP contribution in [0.2, 0.25) is 0 Å². The molecule has 1 N–H and O–H groups in total. The van der Waals surface area contributed by atoms with Crippen molar-refractivity contribution in [1.29, 1.82) is 0 Å². The first-order valence-corrected chi connectivity index (χ1v) is 4.93. The number of hydroxylamine groups is 2. The Balaban J connectivity index is 2.23. The van der Waals surface area contributed by atoms with Gasteiger partial charge < -0.3 is 10.1 Å². The van der Waals surface area contributed by atoms with Crippen molar-refractivity contribution in [3.63, 3.8) is 0 Å². The van der Waals surface area contributed by atoms with E-state index in [2.05, 4.69) is 17.5 Å². The Labute approximate surface area is 79.7 Å². The minimum atomic E-state index is 0.212. The number of rotatable bonds is 3. The molecule has 72 valence electrons. The summed E-state index contributed by atoms with van der Waals surface area (Å²) < 4.78 is 0. The van der Waals surface area contributed by atoms with Gasteiger partial charge in [-0.05, 0) is 19.9 Å². The van der Waals surface area contributed by atoms with E-state index < -0.39 is 0 Å². The Bertz CT molecular complexity index is 143. The molecule has 0 aromatic heterocycles. The van der Waals surface area contributed by atoms with E-state index in [0.717, 1.165) is 19.6 Å². The van der Waals surface area contributed by atoms with Gasteiger partial charge in [0.15, 0.2) is 0 Å². The van der Waals surface area contributed by atoms with E-state index in [1.165, 1.54) is 11.5 Å². The average molecular weight is 190 g/mol. The van der Waals surface area contributed by atoms with Crippen LogP contribution in [-0.4, -0.2) is 53.1 Å². The van der Waals surface area contributed by atoms with Crippen molar-refractivity contribution in [2.24, 2.45) is 0 Å². The van der Waals surface area contributed by atoms with Crippen molar-refractivity contribution in [2.45, 2.75) is 24.6 Å². The van der Waals surface area contributed by atoms with Crippen molar-refractivity contribution in [3.05, 3.63) is 0 Å². The Morgan fingerprint density at radius 1 is 1.75 bits per heavy atom. The summed E-state index contributed by atoms with van der Waals surface area (Å²) in [4.78, 5) is 2.34. The molecule has 1 fully saturated rings. The van der Waals surface area contributed by atoms with Crippen LogP contribution < -0.4 is 0 Å². The lowest BCUT2D eigenvalue weighted by molar-refractivity contribution is -0.102. The van der Waals surface area contributed by atoms with Crippen LogP contribution in [0.15, 0.2) is 0 Å². The fraction of sp³-hybridized carbons (Fsp3) is 1.00. The van der Waals surface area contributed by atoms with Gasteiger partial charge >= 0.3 is 0 Å². The normalized spacial score (nSPS) is 28.2. The summed E-state index contributed by atoms with van der Waals surface area (Å²) in [5.41, 5.74) is 0. The summed E-state index contributed by atoms with van der Waals surface area (Å²) in [5, 5.41) is 10.9. The predicted octanol–water partition coefficient (Wildman–Crippen LogP) is 0.700. The van der Waals surface area contributed by atoms with Gasteiger partial charge in [-0.1, -0.05) is 0 Å². The molecule has 1 aliphatic rings. The van der Waals surface area contributed by atoms with Gasteiger partial charge in [-0.15, -0.1) is 0 Å². The number of thiol groups is 1. The van der Waals surface area contributed by atoms with Gasteiger partial charge in [-0.25, -0.2) is 0 Å². The highest BCUT2D eigenvalue weighted by atomic mass is 32.1. The lowest BCUT2D eigenvalue weighted by Gasteiger charge is -2.23. The Kier molecular flexibility index (Phi) is 3.83. The van der Waals surface area contributed by atoms with Crippen molar-refractivity contribution in [2.75, 3.05) is 26.7 Å². The van der Waals surface area contributed by atoms with E-state index in [1.807, 2.05) is 6.92 Å². The number of hydrogen-bond acceptors (Lipinski definition) is 4. The van der Waals surface area contributed by atoms with E-state index in [0.29, 0.717) is 5.25 Å². The largest absolute Gasteiger partial charge is 0.314 e. The summed E-state index contributed by atoms with van der Waals surface area (Å²) in [6.07, 6.45) is 1.17. The molecule has 1 heterocycles. The van der Waals surface area contributed by atoms with E-state index in [4.69, 9.17) is 5.21 Å². The van der Waals surface area contributed by atoms with Crippen LogP contribution >= 0.6 is 12.6 Å². The molecule has 0 bridgehead atoms. The lowest BCUT2D eigenvalue weighted by atomic mass is 10.3. The highest BCUT2D eigenvalue weighted by Crippen LogP contribution is 2.14. The molecule has 0 unspecified atom stereocenters. The molecule has 1 aliphatic heterocycles. The van der Waals surface area contributed by atoms with E-state index >= 15 is 0 Å². The zero-order chi connectivity index (χ0) is 9.14. The zero-order valence-corrected chi connectivity index (χ0v) is 8.67. The predicted molar refractivity (Wildman–Crippen MR) is 52.8 cm³/mol. The van der Waals surface area contributed by atoms with Crippen molar-refractivity contribution in [1.82, 2.24) is 9.96 Å². The molecule has 0 amide bonds. The second-order valence-electron chi connectivity index (χ2n) is 3.62. The van der Waals surface area contributed by atoms with E-state index in [9.17, 15) is 0 Å². The quantitative estimate of drug-likeness (QED) is 0.506. The molecule has 12 heavy (non-hydrogen) atoms. The van der Waals surface area contributed by atoms with Crippen LogP contribution in [0.4, 0.5) is 0 Å². The smallest absolute Gasteiger partial charge is 0.0446 e. The Hall–Kier alpha value is 0.230. The first-order chi connectivity index (χ1) is 5.59. The van der Waals surface area contributed by atoms with Gasteiger partial charge in [0.1, 0.15) is 0 Å². The molecule has 0 aromatic carbocycles. The summed E-state index contributed by atoms with van der Waals surface area (Å²) in [5.74, 6) is 0.